The van der Waals surface area contributed by atoms with E-state index in [-0.39, 0.29) is 11.8 Å². The molecule has 1 aromatic rings. The normalized spacial score (nSPS) is 17.3. The van der Waals surface area contributed by atoms with E-state index in [1.165, 1.54) is 24.6 Å². The number of rotatable bonds is 6. The van der Waals surface area contributed by atoms with Crippen molar-refractivity contribution in [1.82, 2.24) is 15.6 Å². The SMILES string of the molecule is O=C(NC1CC1)c1ccnc(C(=O)NCCC2=CCCCC2)c1. The molecule has 0 radical (unpaired) electrons. The van der Waals surface area contributed by atoms with Crippen LogP contribution in [0.3, 0.4) is 0 Å². The molecule has 2 aliphatic rings. The predicted molar refractivity (Wildman–Crippen MR) is 88.2 cm³/mol. The highest BCUT2D eigenvalue weighted by molar-refractivity contribution is 5.98. The van der Waals surface area contributed by atoms with Crippen LogP contribution in [-0.4, -0.2) is 29.4 Å². The Morgan fingerprint density at radius 1 is 1.22 bits per heavy atom. The summed E-state index contributed by atoms with van der Waals surface area (Å²) in [7, 11) is 0. The molecule has 0 aliphatic heterocycles. The summed E-state index contributed by atoms with van der Waals surface area (Å²) in [5, 5.41) is 5.81. The molecule has 1 fully saturated rings. The molecular formula is C18H23N3O2. The van der Waals surface area contributed by atoms with Crippen molar-refractivity contribution >= 4 is 11.8 Å². The Bertz CT molecular complexity index is 620. The van der Waals surface area contributed by atoms with Gasteiger partial charge in [0, 0.05) is 24.3 Å². The molecule has 1 saturated carbocycles. The van der Waals surface area contributed by atoms with Gasteiger partial charge in [-0.2, -0.15) is 0 Å². The van der Waals surface area contributed by atoms with Gasteiger partial charge in [-0.1, -0.05) is 11.6 Å². The molecule has 1 heterocycles. The minimum Gasteiger partial charge on any atom is -0.350 e. The first-order valence-corrected chi connectivity index (χ1v) is 8.45. The van der Waals surface area contributed by atoms with Gasteiger partial charge in [-0.25, -0.2) is 0 Å². The van der Waals surface area contributed by atoms with Crippen LogP contribution in [0.5, 0.6) is 0 Å². The number of aromatic nitrogens is 1. The van der Waals surface area contributed by atoms with E-state index in [1.807, 2.05) is 0 Å². The van der Waals surface area contributed by atoms with Gasteiger partial charge in [-0.05, 0) is 57.1 Å². The third-order valence-electron chi connectivity index (χ3n) is 4.28. The predicted octanol–water partition coefficient (Wildman–Crippen LogP) is 2.59. The highest BCUT2D eigenvalue weighted by Crippen LogP contribution is 2.20. The van der Waals surface area contributed by atoms with Crippen molar-refractivity contribution in [1.29, 1.82) is 0 Å². The fourth-order valence-corrected chi connectivity index (χ4v) is 2.75. The maximum Gasteiger partial charge on any atom is 0.269 e. The van der Waals surface area contributed by atoms with Crippen molar-refractivity contribution in [3.63, 3.8) is 0 Å². The Balaban J connectivity index is 1.52. The van der Waals surface area contributed by atoms with Crippen LogP contribution in [0, 0.1) is 0 Å². The second-order valence-corrected chi connectivity index (χ2v) is 6.29. The number of amides is 2. The highest BCUT2D eigenvalue weighted by atomic mass is 16.2. The van der Waals surface area contributed by atoms with E-state index in [1.54, 1.807) is 12.1 Å². The molecule has 5 nitrogen and oxygen atoms in total. The monoisotopic (exact) mass is 313 g/mol. The third kappa shape index (κ3) is 4.65. The first-order valence-electron chi connectivity index (χ1n) is 8.45. The molecule has 3 rings (SSSR count). The minimum absolute atomic E-state index is 0.128. The Kier molecular flexibility index (Phi) is 5.05. The molecule has 2 amide bonds. The van der Waals surface area contributed by atoms with Crippen molar-refractivity contribution in [2.75, 3.05) is 6.54 Å². The number of hydrogen-bond acceptors (Lipinski definition) is 3. The molecular weight excluding hydrogens is 290 g/mol. The topological polar surface area (TPSA) is 71.1 Å². The van der Waals surface area contributed by atoms with Crippen LogP contribution in [0.15, 0.2) is 30.0 Å². The average Bonchev–Trinajstić information content (AvgIpc) is 3.40. The van der Waals surface area contributed by atoms with Gasteiger partial charge < -0.3 is 10.6 Å². The van der Waals surface area contributed by atoms with Crippen molar-refractivity contribution in [3.8, 4) is 0 Å². The van der Waals surface area contributed by atoms with E-state index in [0.717, 1.165) is 32.1 Å². The van der Waals surface area contributed by atoms with Crippen LogP contribution in [0.25, 0.3) is 0 Å². The zero-order valence-electron chi connectivity index (χ0n) is 13.3. The van der Waals surface area contributed by atoms with Gasteiger partial charge in [-0.15, -0.1) is 0 Å². The summed E-state index contributed by atoms with van der Waals surface area (Å²) < 4.78 is 0. The lowest BCUT2D eigenvalue weighted by molar-refractivity contribution is 0.0949. The molecule has 5 heteroatoms. The number of allylic oxidation sites excluding steroid dienone is 1. The Labute approximate surface area is 136 Å². The smallest absolute Gasteiger partial charge is 0.269 e. The van der Waals surface area contributed by atoms with Crippen LogP contribution >= 0.6 is 0 Å². The van der Waals surface area contributed by atoms with E-state index < -0.39 is 0 Å². The van der Waals surface area contributed by atoms with E-state index in [9.17, 15) is 9.59 Å². The Hall–Kier alpha value is -2.17. The standard InChI is InChI=1S/C18H23N3O2/c22-17(21-15-6-7-15)14-9-11-19-16(12-14)18(23)20-10-8-13-4-2-1-3-5-13/h4,9,11-12,15H,1-3,5-8,10H2,(H,20,23)(H,21,22). The lowest BCUT2D eigenvalue weighted by Crippen LogP contribution is -2.28. The molecule has 0 bridgehead atoms. The fourth-order valence-electron chi connectivity index (χ4n) is 2.75. The van der Waals surface area contributed by atoms with E-state index in [2.05, 4.69) is 21.7 Å². The van der Waals surface area contributed by atoms with Crippen molar-refractivity contribution in [2.45, 2.75) is 51.0 Å². The quantitative estimate of drug-likeness (QED) is 0.793. The first-order chi connectivity index (χ1) is 11.2. The maximum atomic E-state index is 12.2. The Morgan fingerprint density at radius 3 is 2.83 bits per heavy atom. The Morgan fingerprint density at radius 2 is 2.09 bits per heavy atom. The molecule has 23 heavy (non-hydrogen) atoms. The number of carbonyl (C=O) groups is 2. The van der Waals surface area contributed by atoms with Crippen LogP contribution in [-0.2, 0) is 0 Å². The lowest BCUT2D eigenvalue weighted by atomic mass is 9.97. The van der Waals surface area contributed by atoms with Gasteiger partial charge in [0.1, 0.15) is 5.69 Å². The zero-order chi connectivity index (χ0) is 16.1. The second kappa shape index (κ2) is 7.40. The van der Waals surface area contributed by atoms with Gasteiger partial charge in [-0.3, -0.25) is 14.6 Å². The number of hydrogen-bond donors (Lipinski definition) is 2. The molecule has 0 aromatic carbocycles. The zero-order valence-corrected chi connectivity index (χ0v) is 13.3. The highest BCUT2D eigenvalue weighted by Gasteiger charge is 2.24. The van der Waals surface area contributed by atoms with Crippen LogP contribution < -0.4 is 10.6 Å². The number of pyridine rings is 1. The second-order valence-electron chi connectivity index (χ2n) is 6.29. The number of nitrogens with one attached hydrogen (secondary N) is 2. The summed E-state index contributed by atoms with van der Waals surface area (Å²) in [5.41, 5.74) is 2.22. The van der Waals surface area contributed by atoms with E-state index >= 15 is 0 Å². The number of carbonyl (C=O) groups excluding carboxylic acids is 2. The van der Waals surface area contributed by atoms with Crippen LogP contribution in [0.1, 0.15) is 65.8 Å². The van der Waals surface area contributed by atoms with Crippen molar-refractivity contribution < 1.29 is 9.59 Å². The summed E-state index contributed by atoms with van der Waals surface area (Å²) in [6.45, 7) is 0.616. The van der Waals surface area contributed by atoms with E-state index in [4.69, 9.17) is 0 Å². The summed E-state index contributed by atoms with van der Waals surface area (Å²) in [6.07, 6.45) is 11.6. The summed E-state index contributed by atoms with van der Waals surface area (Å²) in [6, 6.07) is 3.51. The summed E-state index contributed by atoms with van der Waals surface area (Å²) in [4.78, 5) is 28.3. The molecule has 2 N–H and O–H groups in total. The summed E-state index contributed by atoms with van der Waals surface area (Å²) >= 11 is 0. The molecule has 0 saturated heterocycles. The fraction of sp³-hybridized carbons (Fsp3) is 0.500. The number of nitrogens with zero attached hydrogens (tertiary/aromatic N) is 1. The average molecular weight is 313 g/mol. The lowest BCUT2D eigenvalue weighted by Gasteiger charge is -2.13. The first kappa shape index (κ1) is 15.7. The van der Waals surface area contributed by atoms with Gasteiger partial charge in [0.2, 0.25) is 0 Å². The van der Waals surface area contributed by atoms with Crippen LogP contribution in [0.2, 0.25) is 0 Å². The molecule has 0 atom stereocenters. The van der Waals surface area contributed by atoms with Gasteiger partial charge in [0.05, 0.1) is 0 Å². The van der Waals surface area contributed by atoms with Crippen LogP contribution in [0.4, 0.5) is 0 Å². The molecule has 0 spiro atoms. The van der Waals surface area contributed by atoms with Gasteiger partial charge in [0.25, 0.3) is 11.8 Å². The van der Waals surface area contributed by atoms with Crippen molar-refractivity contribution in [3.05, 3.63) is 41.2 Å². The molecule has 0 unspecified atom stereocenters. The third-order valence-corrected chi connectivity index (χ3v) is 4.28. The maximum absolute atomic E-state index is 12.2. The molecule has 2 aliphatic carbocycles. The van der Waals surface area contributed by atoms with Crippen molar-refractivity contribution in [2.24, 2.45) is 0 Å². The van der Waals surface area contributed by atoms with Gasteiger partial charge in [0.15, 0.2) is 0 Å². The molecule has 1 aromatic heterocycles. The largest absolute Gasteiger partial charge is 0.350 e. The minimum atomic E-state index is -0.220. The van der Waals surface area contributed by atoms with E-state index in [0.29, 0.717) is 23.8 Å². The summed E-state index contributed by atoms with van der Waals surface area (Å²) in [5.74, 6) is -0.348. The molecule has 122 valence electrons. The van der Waals surface area contributed by atoms with Gasteiger partial charge >= 0.3 is 0 Å².